The fourth-order valence-corrected chi connectivity index (χ4v) is 7.45. The molecule has 2 heteroatoms. The van der Waals surface area contributed by atoms with Crippen LogP contribution in [0.1, 0.15) is 109 Å². The van der Waals surface area contributed by atoms with Crippen LogP contribution in [0.4, 0.5) is 0 Å². The lowest BCUT2D eigenvalue weighted by Gasteiger charge is -2.43. The first-order chi connectivity index (χ1) is 24.5. The molecule has 0 aromatic rings. The van der Waals surface area contributed by atoms with Crippen LogP contribution in [0.5, 0.6) is 0 Å². The predicted octanol–water partition coefficient (Wildman–Crippen LogP) is 13.4. The summed E-state index contributed by atoms with van der Waals surface area (Å²) in [6, 6.07) is 0. The molecule has 0 spiro atoms. The predicted molar refractivity (Wildman–Crippen MR) is 230 cm³/mol. The van der Waals surface area contributed by atoms with Crippen molar-refractivity contribution in [1.29, 1.82) is 0 Å². The van der Waals surface area contributed by atoms with Crippen molar-refractivity contribution < 1.29 is 10.2 Å². The summed E-state index contributed by atoms with van der Waals surface area (Å²) in [5, 5.41) is 18.8. The Bertz CT molecular complexity index is 1460. The highest BCUT2D eigenvalue weighted by Gasteiger charge is 2.39. The van der Waals surface area contributed by atoms with E-state index in [9.17, 15) is 10.2 Å². The van der Waals surface area contributed by atoms with Crippen molar-refractivity contribution >= 4 is 0 Å². The Hall–Kier alpha value is -3.46. The Morgan fingerprint density at radius 2 is 0.885 bits per heavy atom. The average molecular weight is 705 g/mol. The highest BCUT2D eigenvalue weighted by molar-refractivity contribution is 5.33. The van der Waals surface area contributed by atoms with Gasteiger partial charge in [-0.15, -0.1) is 0 Å². The minimum Gasteiger partial charge on any atom is -0.392 e. The second-order valence-corrected chi connectivity index (χ2v) is 16.7. The molecule has 0 aromatic heterocycles. The van der Waals surface area contributed by atoms with Crippen molar-refractivity contribution in [3.8, 4) is 0 Å². The van der Waals surface area contributed by atoms with E-state index in [1.165, 1.54) is 33.4 Å². The molecule has 2 rings (SSSR count). The van der Waals surface area contributed by atoms with Crippen LogP contribution >= 0.6 is 0 Å². The quantitative estimate of drug-likeness (QED) is 0.124. The monoisotopic (exact) mass is 705 g/mol. The van der Waals surface area contributed by atoms with E-state index in [2.05, 4.69) is 179 Å². The summed E-state index contributed by atoms with van der Waals surface area (Å²) in [4.78, 5) is 0. The van der Waals surface area contributed by atoms with Gasteiger partial charge in [0.1, 0.15) is 0 Å². The topological polar surface area (TPSA) is 40.5 Å². The molecule has 2 N–H and O–H groups in total. The van der Waals surface area contributed by atoms with Gasteiger partial charge >= 0.3 is 0 Å². The van der Waals surface area contributed by atoms with E-state index in [4.69, 9.17) is 0 Å². The van der Waals surface area contributed by atoms with E-state index in [1.807, 2.05) is 13.8 Å². The molecule has 52 heavy (non-hydrogen) atoms. The maximum atomic E-state index is 9.41. The molecule has 284 valence electrons. The fourth-order valence-electron chi connectivity index (χ4n) is 7.45. The zero-order valence-corrected chi connectivity index (χ0v) is 34.8. The van der Waals surface area contributed by atoms with Crippen LogP contribution in [0.15, 0.2) is 154 Å². The lowest BCUT2D eigenvalue weighted by molar-refractivity contribution is 0.154. The first-order valence-electron chi connectivity index (χ1n) is 19.5. The highest BCUT2D eigenvalue weighted by atomic mass is 16.3. The molecule has 2 aliphatic carbocycles. The lowest BCUT2D eigenvalue weighted by atomic mass is 9.61. The smallest absolute Gasteiger partial charge is 0.0639 e. The van der Waals surface area contributed by atoms with Crippen molar-refractivity contribution in [1.82, 2.24) is 0 Å². The Morgan fingerprint density at radius 1 is 0.558 bits per heavy atom. The summed E-state index contributed by atoms with van der Waals surface area (Å²) in [5.74, 6) is 1.94. The average Bonchev–Trinajstić information content (AvgIpc) is 3.08. The third kappa shape index (κ3) is 14.5. The van der Waals surface area contributed by atoms with E-state index in [0.717, 1.165) is 36.8 Å². The van der Waals surface area contributed by atoms with Crippen molar-refractivity contribution in [2.45, 2.75) is 109 Å². The van der Waals surface area contributed by atoms with Crippen molar-refractivity contribution in [2.75, 3.05) is 13.2 Å². The largest absolute Gasteiger partial charge is 0.392 e. The Kier molecular flexibility index (Phi) is 18.8. The molecular weight excluding hydrogens is 633 g/mol. The molecule has 4 atom stereocenters. The molecule has 0 heterocycles. The molecule has 0 aromatic carbocycles. The molecule has 2 aliphatic rings. The van der Waals surface area contributed by atoms with Gasteiger partial charge < -0.3 is 10.2 Å². The van der Waals surface area contributed by atoms with Crippen LogP contribution < -0.4 is 0 Å². The van der Waals surface area contributed by atoms with Crippen molar-refractivity contribution in [3.05, 3.63) is 154 Å². The first-order valence-corrected chi connectivity index (χ1v) is 19.5. The van der Waals surface area contributed by atoms with Gasteiger partial charge in [0.25, 0.3) is 0 Å². The molecule has 0 unspecified atom stereocenters. The van der Waals surface area contributed by atoms with Gasteiger partial charge in [0.05, 0.1) is 13.2 Å². The standard InChI is InChI=1S/C50H72O2/c1-37(19-15-21-39(3)25-33-47-43(7)27-31-45(49(47,9)10)29-23-41(5)35-51)17-13-14-18-38(2)20-16-22-40(4)26-34-48-44(8)28-32-46(50(48,11)12)30-24-42(6)36-52/h13-28,33-34,45-48,51-52H,29-32,35-36H2,1-12H3/b14-13+,19-15+,20-16+,33-25+,34-26+,37-17+,38-18+,39-21-,40-22+,41-23+,42-24+/t45-,46-,47+,48+/m0/s1. The van der Waals surface area contributed by atoms with Gasteiger partial charge in [0, 0.05) is 11.8 Å². The Labute approximate surface area is 319 Å². The molecule has 0 fully saturated rings. The minimum atomic E-state index is 0.144. The summed E-state index contributed by atoms with van der Waals surface area (Å²) in [5.41, 5.74) is 10.2. The van der Waals surface area contributed by atoms with E-state index < -0.39 is 0 Å². The second-order valence-electron chi connectivity index (χ2n) is 16.7. The van der Waals surface area contributed by atoms with Gasteiger partial charge in [-0.05, 0) is 104 Å². The van der Waals surface area contributed by atoms with E-state index in [1.54, 1.807) is 0 Å². The van der Waals surface area contributed by atoms with Gasteiger partial charge in [-0.1, -0.05) is 182 Å². The van der Waals surface area contributed by atoms with Gasteiger partial charge in [-0.2, -0.15) is 0 Å². The zero-order valence-electron chi connectivity index (χ0n) is 34.8. The lowest BCUT2D eigenvalue weighted by Crippen LogP contribution is -2.35. The maximum Gasteiger partial charge on any atom is 0.0639 e. The number of hydrogen-bond donors (Lipinski definition) is 2. The number of hydrogen-bond acceptors (Lipinski definition) is 2. The molecular formula is C50H72O2. The fraction of sp³-hybridized carbons (Fsp3) is 0.480. The molecule has 0 bridgehead atoms. The number of aliphatic hydroxyl groups is 2. The van der Waals surface area contributed by atoms with Gasteiger partial charge in [-0.25, -0.2) is 0 Å². The van der Waals surface area contributed by atoms with E-state index in [-0.39, 0.29) is 24.0 Å². The third-order valence-electron chi connectivity index (χ3n) is 11.5. The summed E-state index contributed by atoms with van der Waals surface area (Å²) >= 11 is 0. The van der Waals surface area contributed by atoms with Crippen molar-refractivity contribution in [2.24, 2.45) is 34.5 Å². The molecule has 0 saturated heterocycles. The highest BCUT2D eigenvalue weighted by Crippen LogP contribution is 2.48. The third-order valence-corrected chi connectivity index (χ3v) is 11.5. The maximum absolute atomic E-state index is 9.41. The van der Waals surface area contributed by atoms with Crippen LogP contribution in [0.25, 0.3) is 0 Å². The number of rotatable bonds is 16. The molecule has 0 radical (unpaired) electrons. The van der Waals surface area contributed by atoms with Crippen LogP contribution in [0.3, 0.4) is 0 Å². The van der Waals surface area contributed by atoms with Gasteiger partial charge in [0.2, 0.25) is 0 Å². The summed E-state index contributed by atoms with van der Waals surface area (Å²) < 4.78 is 0. The van der Waals surface area contributed by atoms with E-state index >= 15 is 0 Å². The van der Waals surface area contributed by atoms with Crippen molar-refractivity contribution in [3.63, 3.8) is 0 Å². The first kappa shape index (κ1) is 44.7. The molecule has 0 aliphatic heterocycles. The Morgan fingerprint density at radius 3 is 1.23 bits per heavy atom. The summed E-state index contributed by atoms with van der Waals surface area (Å²) in [6.45, 7) is 27.0. The van der Waals surface area contributed by atoms with Crippen LogP contribution in [-0.4, -0.2) is 23.4 Å². The van der Waals surface area contributed by atoms with Crippen LogP contribution in [-0.2, 0) is 0 Å². The zero-order chi connectivity index (χ0) is 38.9. The number of aliphatic hydroxyl groups excluding tert-OH is 2. The summed E-state index contributed by atoms with van der Waals surface area (Å²) in [6.07, 6.45) is 44.2. The van der Waals surface area contributed by atoms with Crippen LogP contribution in [0.2, 0.25) is 0 Å². The molecule has 2 nitrogen and oxygen atoms in total. The SMILES string of the molecule is CC1=CC[C@H](C/C=C(\C)CO)C(C)(C)[C@@H]1/C=C/C(C)=C\C=C\C(C)=C\C=C\C=C(C)\C=C\C=C(C)\C=C\[C@@H]1C(C)=CC[C@H](C/C=C(\C)CO)C1(C)C. The molecule has 0 saturated carbocycles. The van der Waals surface area contributed by atoms with Crippen LogP contribution in [0, 0.1) is 34.5 Å². The normalized spacial score (nSPS) is 25.7. The minimum absolute atomic E-state index is 0.144. The number of allylic oxidation sites excluding steroid dienone is 24. The molecule has 0 amide bonds. The van der Waals surface area contributed by atoms with Gasteiger partial charge in [0.15, 0.2) is 0 Å². The van der Waals surface area contributed by atoms with Gasteiger partial charge in [-0.3, -0.25) is 0 Å². The van der Waals surface area contributed by atoms with E-state index in [0.29, 0.717) is 23.7 Å². The Balaban J connectivity index is 1.94. The summed E-state index contributed by atoms with van der Waals surface area (Å²) in [7, 11) is 0. The second kappa shape index (κ2) is 21.9.